The minimum Gasteiger partial charge on any atom is -0.397 e. The van der Waals surface area contributed by atoms with Crippen LogP contribution in [0.2, 0.25) is 0 Å². The van der Waals surface area contributed by atoms with Crippen molar-refractivity contribution in [2.45, 2.75) is 67.4 Å². The van der Waals surface area contributed by atoms with Gasteiger partial charge in [0, 0.05) is 39.4 Å². The maximum Gasteiger partial charge on any atom is 0.0560 e. The molecule has 0 aromatic rings. The fraction of sp³-hybridized carbons (Fsp3) is 0.929. The van der Waals surface area contributed by atoms with Gasteiger partial charge in [-0.05, 0) is 26.2 Å². The molecule has 0 aliphatic carbocycles. The first-order valence-electron chi connectivity index (χ1n) is 6.38. The summed E-state index contributed by atoms with van der Waals surface area (Å²) in [5, 5.41) is 24.0. The van der Waals surface area contributed by atoms with Crippen LogP contribution in [0.5, 0.6) is 0 Å². The van der Waals surface area contributed by atoms with Crippen molar-refractivity contribution < 1.29 is 41.5 Å². The van der Waals surface area contributed by atoms with Crippen LogP contribution in [-0.2, 0) is 26.2 Å². The molecule has 0 aromatic carbocycles. The molecule has 0 fully saturated rings. The largest absolute Gasteiger partial charge is 0.397 e. The molecule has 18 heavy (non-hydrogen) atoms. The molecule has 4 heteroatoms. The van der Waals surface area contributed by atoms with Crippen LogP contribution < -0.4 is 0 Å². The molecule has 0 aliphatic heterocycles. The summed E-state index contributed by atoms with van der Waals surface area (Å²) in [6.07, 6.45) is 2.08. The van der Waals surface area contributed by atoms with E-state index in [1.165, 1.54) is 6.42 Å². The number of aliphatic hydroxyl groups excluding tert-OH is 3. The number of hydrogen-bond acceptors (Lipinski definition) is 3. The van der Waals surface area contributed by atoms with Crippen molar-refractivity contribution in [2.24, 2.45) is 5.41 Å². The van der Waals surface area contributed by atoms with Crippen LogP contribution in [0.3, 0.4) is 0 Å². The van der Waals surface area contributed by atoms with Crippen LogP contribution in [0, 0.1) is 12.3 Å². The Hall–Kier alpha value is 0.763. The summed E-state index contributed by atoms with van der Waals surface area (Å²) in [4.78, 5) is 0. The monoisotopic (exact) mass is 341 g/mol. The van der Waals surface area contributed by atoms with E-state index in [1.54, 1.807) is 20.8 Å². The van der Waals surface area contributed by atoms with Crippen LogP contribution in [0.15, 0.2) is 0 Å². The van der Waals surface area contributed by atoms with Gasteiger partial charge in [-0.25, -0.2) is 0 Å². The van der Waals surface area contributed by atoms with E-state index in [9.17, 15) is 0 Å². The summed E-state index contributed by atoms with van der Waals surface area (Å²) < 4.78 is 0. The van der Waals surface area contributed by atoms with Crippen LogP contribution in [0.4, 0.5) is 0 Å². The molecule has 0 radical (unpaired) electrons. The predicted molar refractivity (Wildman–Crippen MR) is 76.9 cm³/mol. The Balaban J connectivity index is -0.0000000445. The third-order valence-corrected chi connectivity index (χ3v) is 1.61. The molecule has 0 saturated heterocycles. The number of rotatable bonds is 1. The second-order valence-corrected chi connectivity index (χ2v) is 4.53. The summed E-state index contributed by atoms with van der Waals surface area (Å²) in [6, 6.07) is 0. The molecule has 0 bridgehead atoms. The molecule has 1 unspecified atom stereocenters. The Morgan fingerprint density at radius 1 is 1.00 bits per heavy atom. The smallest absolute Gasteiger partial charge is 0.0560 e. The number of unbranched alkanes of at least 4 members (excludes halogenated alkanes) is 1. The third-order valence-electron chi connectivity index (χ3n) is 1.61. The molecule has 0 amide bonds. The Labute approximate surface area is 134 Å². The quantitative estimate of drug-likeness (QED) is 0.642. The van der Waals surface area contributed by atoms with Gasteiger partial charge in [0.2, 0.25) is 0 Å². The average molecular weight is 343 g/mol. The van der Waals surface area contributed by atoms with Gasteiger partial charge in [0.25, 0.3) is 0 Å². The van der Waals surface area contributed by atoms with E-state index in [-0.39, 0.29) is 50.9 Å². The van der Waals surface area contributed by atoms with Crippen molar-refractivity contribution in [1.82, 2.24) is 0 Å². The first-order chi connectivity index (χ1) is 7.69. The van der Waals surface area contributed by atoms with E-state index in [0.717, 1.165) is 6.42 Å². The summed E-state index contributed by atoms with van der Waals surface area (Å²) in [5.74, 6) is 0. The van der Waals surface area contributed by atoms with Gasteiger partial charge >= 0.3 is 0 Å². The topological polar surface area (TPSA) is 60.7 Å². The van der Waals surface area contributed by atoms with Crippen molar-refractivity contribution >= 4 is 0 Å². The Morgan fingerprint density at radius 2 is 1.11 bits per heavy atom. The van der Waals surface area contributed by atoms with Crippen LogP contribution in [0.1, 0.15) is 61.3 Å². The maximum atomic E-state index is 8.89. The van der Waals surface area contributed by atoms with Crippen molar-refractivity contribution in [3.8, 4) is 0 Å². The standard InChI is InChI=1S/C6H14O.C4H9.2C2H6O.Zr/c1-5(7)6(2,3)4;1-3-4-2;2*1-2-3;/h5,7H,1-4H3;1,3-4H2,2H3;2*3H,2H2,1H3;/q;-1;;;. The minimum absolute atomic E-state index is 0. The zero-order valence-corrected chi connectivity index (χ0v) is 15.9. The third kappa shape index (κ3) is 69.1. The first kappa shape index (κ1) is 31.3. The van der Waals surface area contributed by atoms with E-state index in [2.05, 4.69) is 13.8 Å². The molecule has 0 saturated carbocycles. The van der Waals surface area contributed by atoms with E-state index in [4.69, 9.17) is 15.3 Å². The van der Waals surface area contributed by atoms with E-state index in [1.807, 2.05) is 20.8 Å². The fourth-order valence-corrected chi connectivity index (χ4v) is 0. The molecule has 114 valence electrons. The van der Waals surface area contributed by atoms with Crippen LogP contribution >= 0.6 is 0 Å². The molecule has 0 spiro atoms. The first-order valence-corrected chi connectivity index (χ1v) is 6.38. The van der Waals surface area contributed by atoms with E-state index >= 15 is 0 Å². The molecule has 0 aliphatic rings. The Morgan fingerprint density at radius 3 is 1.11 bits per heavy atom. The fourth-order valence-electron chi connectivity index (χ4n) is 0. The van der Waals surface area contributed by atoms with Crippen molar-refractivity contribution in [3.63, 3.8) is 0 Å². The molecule has 0 heterocycles. The normalized spacial score (nSPS) is 10.2. The van der Waals surface area contributed by atoms with Gasteiger partial charge in [-0.3, -0.25) is 0 Å². The van der Waals surface area contributed by atoms with Gasteiger partial charge in [0.1, 0.15) is 0 Å². The molecule has 3 nitrogen and oxygen atoms in total. The summed E-state index contributed by atoms with van der Waals surface area (Å²) in [6.45, 7) is 17.4. The van der Waals surface area contributed by atoms with Gasteiger partial charge in [-0.2, -0.15) is 6.42 Å². The van der Waals surface area contributed by atoms with Gasteiger partial charge in [-0.15, -0.1) is 0 Å². The maximum absolute atomic E-state index is 8.89. The molecule has 3 N–H and O–H groups in total. The van der Waals surface area contributed by atoms with E-state index < -0.39 is 0 Å². The molecular formula is C14H35O3Zr-. The molecule has 0 rings (SSSR count). The summed E-state index contributed by atoms with van der Waals surface area (Å²) in [5.41, 5.74) is 0.0556. The second kappa shape index (κ2) is 26.4. The summed E-state index contributed by atoms with van der Waals surface area (Å²) in [7, 11) is 0. The van der Waals surface area contributed by atoms with Crippen LogP contribution in [-0.4, -0.2) is 34.6 Å². The minimum atomic E-state index is -0.201. The number of hydrogen-bond donors (Lipinski definition) is 3. The Kier molecular flexibility index (Phi) is 45.8. The van der Waals surface area contributed by atoms with Crippen molar-refractivity contribution in [1.29, 1.82) is 0 Å². The SMILES string of the molecule is CC(O)C(C)(C)C.CCO.CCO.[CH2-]CCC.[Zr]. The van der Waals surface area contributed by atoms with Gasteiger partial charge in [0.05, 0.1) is 6.10 Å². The average Bonchev–Trinajstić information content (AvgIpc) is 2.19. The molecule has 1 atom stereocenters. The van der Waals surface area contributed by atoms with Crippen molar-refractivity contribution in [2.75, 3.05) is 13.2 Å². The van der Waals surface area contributed by atoms with Crippen molar-refractivity contribution in [3.05, 3.63) is 6.92 Å². The van der Waals surface area contributed by atoms with Gasteiger partial charge < -0.3 is 22.2 Å². The molecule has 0 aromatic heterocycles. The summed E-state index contributed by atoms with van der Waals surface area (Å²) >= 11 is 0. The van der Waals surface area contributed by atoms with E-state index in [0.29, 0.717) is 0 Å². The molecular weight excluding hydrogens is 307 g/mol. The zero-order chi connectivity index (χ0) is 14.9. The second-order valence-electron chi connectivity index (χ2n) is 4.53. The van der Waals surface area contributed by atoms with Gasteiger partial charge in [-0.1, -0.05) is 34.1 Å². The zero-order valence-electron chi connectivity index (χ0n) is 13.5. The van der Waals surface area contributed by atoms with Gasteiger partial charge in [0.15, 0.2) is 0 Å². The number of aliphatic hydroxyl groups is 3. The van der Waals surface area contributed by atoms with Crippen LogP contribution in [0.25, 0.3) is 0 Å². The predicted octanol–water partition coefficient (Wildman–Crippen LogP) is 3.03. The Bertz CT molecular complexity index is 97.7.